The highest BCUT2D eigenvalue weighted by Gasteiger charge is 1.91. The lowest BCUT2D eigenvalue weighted by Gasteiger charge is -2.02. The number of hydrogen-bond donors (Lipinski definition) is 2. The van der Waals surface area contributed by atoms with Crippen LogP contribution in [0.3, 0.4) is 0 Å². The van der Waals surface area contributed by atoms with Crippen LogP contribution < -0.4 is 5.32 Å². The summed E-state index contributed by atoms with van der Waals surface area (Å²) in [4.78, 5) is 0. The van der Waals surface area contributed by atoms with Crippen molar-refractivity contribution >= 4 is 12.1 Å². The molecule has 12 heavy (non-hydrogen) atoms. The number of benzene rings is 1. The highest BCUT2D eigenvalue weighted by Crippen LogP contribution is 2.08. The Hall–Kier alpha value is -1.51. The summed E-state index contributed by atoms with van der Waals surface area (Å²) in [7, 11) is 1.88. The zero-order valence-corrected chi connectivity index (χ0v) is 7.00. The fourth-order valence-corrected chi connectivity index (χ4v) is 0.906. The van der Waals surface area contributed by atoms with E-state index in [2.05, 4.69) is 5.32 Å². The summed E-state index contributed by atoms with van der Waals surface area (Å²) >= 11 is 0. The minimum absolute atomic E-state index is 0.466. The van der Waals surface area contributed by atoms with Gasteiger partial charge in [0.15, 0.2) is 6.40 Å². The van der Waals surface area contributed by atoms with Gasteiger partial charge >= 0.3 is 0 Å². The van der Waals surface area contributed by atoms with Crippen molar-refractivity contribution in [3.8, 4) is 0 Å². The Morgan fingerprint density at radius 3 is 2.58 bits per heavy atom. The molecular formula is C9H12N2O. The zero-order chi connectivity index (χ0) is 8.81. The van der Waals surface area contributed by atoms with E-state index in [1.807, 2.05) is 31.3 Å². The molecule has 0 bridgehead atoms. The SMILES string of the molecule is CNc1ccc(COC=N)cc1. The minimum Gasteiger partial charge on any atom is -0.479 e. The van der Waals surface area contributed by atoms with E-state index in [1.54, 1.807) is 0 Å². The molecule has 0 aliphatic rings. The molecule has 0 unspecified atom stereocenters. The van der Waals surface area contributed by atoms with Crippen molar-refractivity contribution < 1.29 is 4.74 Å². The van der Waals surface area contributed by atoms with Gasteiger partial charge in [0.25, 0.3) is 0 Å². The summed E-state index contributed by atoms with van der Waals surface area (Å²) in [5.74, 6) is 0. The van der Waals surface area contributed by atoms with Crippen LogP contribution in [0.5, 0.6) is 0 Å². The predicted molar refractivity (Wildman–Crippen MR) is 49.6 cm³/mol. The Morgan fingerprint density at radius 2 is 2.08 bits per heavy atom. The van der Waals surface area contributed by atoms with E-state index in [-0.39, 0.29) is 0 Å². The molecule has 1 aromatic rings. The lowest BCUT2D eigenvalue weighted by atomic mass is 10.2. The van der Waals surface area contributed by atoms with Crippen molar-refractivity contribution in [3.05, 3.63) is 29.8 Å². The summed E-state index contributed by atoms with van der Waals surface area (Å²) in [6, 6.07) is 7.88. The summed E-state index contributed by atoms with van der Waals surface area (Å²) < 4.78 is 4.81. The Morgan fingerprint density at radius 1 is 1.42 bits per heavy atom. The largest absolute Gasteiger partial charge is 0.479 e. The van der Waals surface area contributed by atoms with Crippen molar-refractivity contribution in [2.45, 2.75) is 6.61 Å². The van der Waals surface area contributed by atoms with Crippen molar-refractivity contribution in [1.29, 1.82) is 5.41 Å². The van der Waals surface area contributed by atoms with E-state index < -0.39 is 0 Å². The van der Waals surface area contributed by atoms with Crippen LogP contribution >= 0.6 is 0 Å². The lowest BCUT2D eigenvalue weighted by Crippen LogP contribution is -1.91. The summed E-state index contributed by atoms with van der Waals surface area (Å²) in [5, 5.41) is 9.70. The maximum atomic E-state index is 6.67. The van der Waals surface area contributed by atoms with Gasteiger partial charge < -0.3 is 10.1 Å². The van der Waals surface area contributed by atoms with Gasteiger partial charge in [-0.3, -0.25) is 5.41 Å². The fraction of sp³-hybridized carbons (Fsp3) is 0.222. The molecule has 0 aliphatic heterocycles. The van der Waals surface area contributed by atoms with Crippen LogP contribution in [0.1, 0.15) is 5.56 Å². The second-order valence-corrected chi connectivity index (χ2v) is 2.38. The predicted octanol–water partition coefficient (Wildman–Crippen LogP) is 1.85. The van der Waals surface area contributed by atoms with Gasteiger partial charge in [0.1, 0.15) is 6.61 Å². The average Bonchev–Trinajstić information content (AvgIpc) is 2.15. The third-order valence-electron chi connectivity index (χ3n) is 1.58. The summed E-state index contributed by atoms with van der Waals surface area (Å²) in [6.45, 7) is 0.466. The molecule has 0 aromatic heterocycles. The molecule has 64 valence electrons. The van der Waals surface area contributed by atoms with Gasteiger partial charge in [-0.15, -0.1) is 0 Å². The van der Waals surface area contributed by atoms with Gasteiger partial charge in [0.05, 0.1) is 0 Å². The van der Waals surface area contributed by atoms with E-state index in [9.17, 15) is 0 Å². The highest BCUT2D eigenvalue weighted by molar-refractivity contribution is 5.44. The van der Waals surface area contributed by atoms with Gasteiger partial charge in [0.2, 0.25) is 0 Å². The number of nitrogens with one attached hydrogen (secondary N) is 2. The molecule has 0 spiro atoms. The number of rotatable bonds is 4. The van der Waals surface area contributed by atoms with Gasteiger partial charge in [0, 0.05) is 12.7 Å². The first kappa shape index (κ1) is 8.59. The van der Waals surface area contributed by atoms with Crippen molar-refractivity contribution in [2.24, 2.45) is 0 Å². The number of ether oxygens (including phenoxy) is 1. The van der Waals surface area contributed by atoms with Gasteiger partial charge in [-0.25, -0.2) is 0 Å². The van der Waals surface area contributed by atoms with Gasteiger partial charge in [-0.2, -0.15) is 0 Å². The molecule has 3 nitrogen and oxygen atoms in total. The van der Waals surface area contributed by atoms with E-state index in [1.165, 1.54) is 0 Å². The minimum atomic E-state index is 0.466. The zero-order valence-electron chi connectivity index (χ0n) is 7.00. The van der Waals surface area contributed by atoms with Crippen LogP contribution in [-0.4, -0.2) is 13.4 Å². The first-order valence-electron chi connectivity index (χ1n) is 3.74. The normalized spacial score (nSPS) is 9.08. The molecule has 0 radical (unpaired) electrons. The molecule has 0 aliphatic carbocycles. The molecule has 1 rings (SSSR count). The second-order valence-electron chi connectivity index (χ2n) is 2.38. The van der Waals surface area contributed by atoms with Crippen LogP contribution in [0.4, 0.5) is 5.69 Å². The average molecular weight is 164 g/mol. The summed E-state index contributed by atoms with van der Waals surface area (Å²) in [6.07, 6.45) is 0.950. The molecule has 0 saturated carbocycles. The Bertz CT molecular complexity index is 243. The molecule has 3 heteroatoms. The molecule has 0 heterocycles. The maximum Gasteiger partial charge on any atom is 0.167 e. The van der Waals surface area contributed by atoms with Crippen LogP contribution in [0.2, 0.25) is 0 Å². The second kappa shape index (κ2) is 4.38. The van der Waals surface area contributed by atoms with E-state index >= 15 is 0 Å². The first-order valence-corrected chi connectivity index (χ1v) is 3.74. The molecule has 2 N–H and O–H groups in total. The van der Waals surface area contributed by atoms with E-state index in [4.69, 9.17) is 10.1 Å². The van der Waals surface area contributed by atoms with Gasteiger partial charge in [-0.1, -0.05) is 12.1 Å². The molecule has 0 atom stereocenters. The van der Waals surface area contributed by atoms with Crippen molar-refractivity contribution in [1.82, 2.24) is 0 Å². The maximum absolute atomic E-state index is 6.67. The Balaban J connectivity index is 2.58. The first-order chi connectivity index (χ1) is 5.86. The van der Waals surface area contributed by atoms with E-state index in [0.29, 0.717) is 6.61 Å². The van der Waals surface area contributed by atoms with Crippen LogP contribution in [0.25, 0.3) is 0 Å². The molecule has 0 fully saturated rings. The smallest absolute Gasteiger partial charge is 0.167 e. The number of hydrogen-bond acceptors (Lipinski definition) is 3. The van der Waals surface area contributed by atoms with Gasteiger partial charge in [-0.05, 0) is 17.7 Å². The Kier molecular flexibility index (Phi) is 3.14. The molecule has 1 aromatic carbocycles. The van der Waals surface area contributed by atoms with Crippen LogP contribution in [0, 0.1) is 5.41 Å². The quantitative estimate of drug-likeness (QED) is 0.527. The fourth-order valence-electron chi connectivity index (χ4n) is 0.906. The lowest BCUT2D eigenvalue weighted by molar-refractivity contribution is 0.305. The Labute approximate surface area is 71.9 Å². The van der Waals surface area contributed by atoms with E-state index in [0.717, 1.165) is 17.7 Å². The molecular weight excluding hydrogens is 152 g/mol. The topological polar surface area (TPSA) is 45.1 Å². The third-order valence-corrected chi connectivity index (χ3v) is 1.58. The third kappa shape index (κ3) is 2.27. The standard InChI is InChI=1S/C9H12N2O/c1-11-9-4-2-8(3-5-9)6-12-7-10/h2-5,7,10-11H,6H2,1H3. The highest BCUT2D eigenvalue weighted by atomic mass is 16.5. The monoisotopic (exact) mass is 164 g/mol. The molecule has 0 saturated heterocycles. The van der Waals surface area contributed by atoms with Crippen LogP contribution in [0.15, 0.2) is 24.3 Å². The number of anilines is 1. The van der Waals surface area contributed by atoms with Crippen molar-refractivity contribution in [3.63, 3.8) is 0 Å². The van der Waals surface area contributed by atoms with Crippen molar-refractivity contribution in [2.75, 3.05) is 12.4 Å². The summed E-state index contributed by atoms with van der Waals surface area (Å²) in [5.41, 5.74) is 2.14. The van der Waals surface area contributed by atoms with Crippen LogP contribution in [-0.2, 0) is 11.3 Å². The molecule has 0 amide bonds.